The number of hydrogen-bond donors (Lipinski definition) is 1. The summed E-state index contributed by atoms with van der Waals surface area (Å²) < 4.78 is 5.50. The molecule has 1 N–H and O–H groups in total. The molecule has 1 aliphatic heterocycles. The standard InChI is InChI=1S/C24H39NO2/c1-10-21(24(6,7)8)17(4)25-13-20(14-25)23(26)19-11-15(2)22(16(3)12-19)18(5)27-9/h11-12,18,20-21,23,26H,4,10,13-14H2,1-3,5-9H3. The van der Waals surface area contributed by atoms with Crippen molar-refractivity contribution in [1.29, 1.82) is 0 Å². The summed E-state index contributed by atoms with van der Waals surface area (Å²) in [5.74, 6) is 0.749. The molecule has 1 heterocycles. The van der Waals surface area contributed by atoms with Crippen molar-refractivity contribution >= 4 is 0 Å². The molecule has 0 aromatic heterocycles. The Kier molecular flexibility index (Phi) is 6.81. The van der Waals surface area contributed by atoms with Gasteiger partial charge < -0.3 is 14.7 Å². The van der Waals surface area contributed by atoms with Gasteiger partial charge in [-0.2, -0.15) is 0 Å². The number of benzene rings is 1. The average Bonchev–Trinajstić information content (AvgIpc) is 2.51. The number of hydrogen-bond acceptors (Lipinski definition) is 3. The van der Waals surface area contributed by atoms with Gasteiger partial charge in [0.2, 0.25) is 0 Å². The van der Waals surface area contributed by atoms with Crippen molar-refractivity contribution in [1.82, 2.24) is 4.90 Å². The summed E-state index contributed by atoms with van der Waals surface area (Å²) in [5, 5.41) is 10.9. The zero-order chi connectivity index (χ0) is 20.5. The Morgan fingerprint density at radius 1 is 1.26 bits per heavy atom. The van der Waals surface area contributed by atoms with Crippen LogP contribution in [0.2, 0.25) is 0 Å². The van der Waals surface area contributed by atoms with E-state index in [-0.39, 0.29) is 17.4 Å². The molecule has 27 heavy (non-hydrogen) atoms. The molecule has 1 aromatic rings. The fourth-order valence-corrected chi connectivity index (χ4v) is 4.73. The van der Waals surface area contributed by atoms with Crippen molar-refractivity contribution in [3.63, 3.8) is 0 Å². The number of aryl methyl sites for hydroxylation is 2. The van der Waals surface area contributed by atoms with Crippen LogP contribution in [0.3, 0.4) is 0 Å². The Morgan fingerprint density at radius 2 is 1.78 bits per heavy atom. The highest BCUT2D eigenvalue weighted by Gasteiger charge is 2.38. The van der Waals surface area contributed by atoms with Gasteiger partial charge in [0.15, 0.2) is 0 Å². The second-order valence-corrected chi connectivity index (χ2v) is 9.37. The minimum atomic E-state index is -0.423. The first-order valence-corrected chi connectivity index (χ1v) is 10.3. The van der Waals surface area contributed by atoms with Crippen molar-refractivity contribution < 1.29 is 9.84 Å². The number of aliphatic hydroxyl groups is 1. The molecule has 1 saturated heterocycles. The Balaban J connectivity index is 2.07. The van der Waals surface area contributed by atoms with Gasteiger partial charge in [0, 0.05) is 37.7 Å². The third-order valence-electron chi connectivity index (χ3n) is 6.34. The van der Waals surface area contributed by atoms with Crippen molar-refractivity contribution in [3.05, 3.63) is 46.7 Å². The quantitative estimate of drug-likeness (QED) is 0.679. The predicted octanol–water partition coefficient (Wildman–Crippen LogP) is 5.56. The van der Waals surface area contributed by atoms with Gasteiger partial charge in [-0.3, -0.25) is 0 Å². The first-order valence-electron chi connectivity index (χ1n) is 10.3. The Hall–Kier alpha value is -1.32. The van der Waals surface area contributed by atoms with Crippen LogP contribution in [0.5, 0.6) is 0 Å². The van der Waals surface area contributed by atoms with Crippen molar-refractivity contribution in [2.75, 3.05) is 20.2 Å². The summed E-state index contributed by atoms with van der Waals surface area (Å²) in [5.41, 5.74) is 6.08. The van der Waals surface area contributed by atoms with Crippen LogP contribution >= 0.6 is 0 Å². The summed E-state index contributed by atoms with van der Waals surface area (Å²) in [7, 11) is 1.74. The highest BCUT2D eigenvalue weighted by Crippen LogP contribution is 2.40. The molecule has 2 rings (SSSR count). The summed E-state index contributed by atoms with van der Waals surface area (Å²) >= 11 is 0. The Labute approximate surface area is 166 Å². The van der Waals surface area contributed by atoms with Gasteiger partial charge >= 0.3 is 0 Å². The molecule has 0 saturated carbocycles. The molecular formula is C24H39NO2. The number of methoxy groups -OCH3 is 1. The third-order valence-corrected chi connectivity index (χ3v) is 6.34. The van der Waals surface area contributed by atoms with Crippen LogP contribution in [0.1, 0.15) is 75.5 Å². The predicted molar refractivity (Wildman–Crippen MR) is 114 cm³/mol. The van der Waals surface area contributed by atoms with Crippen molar-refractivity contribution in [2.24, 2.45) is 17.3 Å². The van der Waals surface area contributed by atoms with Crippen LogP contribution < -0.4 is 0 Å². The lowest BCUT2D eigenvalue weighted by molar-refractivity contribution is 0.00240. The average molecular weight is 374 g/mol. The molecule has 0 aliphatic carbocycles. The van der Waals surface area contributed by atoms with Crippen LogP contribution in [0.15, 0.2) is 24.4 Å². The molecular weight excluding hydrogens is 334 g/mol. The van der Waals surface area contributed by atoms with E-state index in [9.17, 15) is 5.11 Å². The van der Waals surface area contributed by atoms with E-state index < -0.39 is 6.10 Å². The van der Waals surface area contributed by atoms with E-state index in [0.717, 1.165) is 25.1 Å². The van der Waals surface area contributed by atoms with E-state index in [0.29, 0.717) is 5.92 Å². The lowest BCUT2D eigenvalue weighted by Crippen LogP contribution is -2.50. The first kappa shape index (κ1) is 22.0. The van der Waals surface area contributed by atoms with Crippen molar-refractivity contribution in [2.45, 2.75) is 67.1 Å². The number of rotatable bonds is 7. The zero-order valence-electron chi connectivity index (χ0n) is 18.6. The maximum atomic E-state index is 10.9. The van der Waals surface area contributed by atoms with E-state index in [1.54, 1.807) is 7.11 Å². The summed E-state index contributed by atoms with van der Waals surface area (Å²) in [6.07, 6.45) is 0.749. The molecule has 1 aliphatic rings. The molecule has 1 aromatic carbocycles. The molecule has 0 amide bonds. The second-order valence-electron chi connectivity index (χ2n) is 9.37. The fraction of sp³-hybridized carbons (Fsp3) is 0.667. The number of aliphatic hydroxyl groups excluding tert-OH is 1. The topological polar surface area (TPSA) is 32.7 Å². The SMILES string of the molecule is C=C(C(CC)C(C)(C)C)N1CC(C(O)c2cc(C)c(C(C)OC)c(C)c2)C1. The highest BCUT2D eigenvalue weighted by molar-refractivity contribution is 5.40. The lowest BCUT2D eigenvalue weighted by atomic mass is 9.75. The Bertz CT molecular complexity index is 644. The van der Waals surface area contributed by atoms with Gasteiger partial charge in [-0.25, -0.2) is 0 Å². The van der Waals surface area contributed by atoms with Crippen LogP contribution in [0, 0.1) is 31.1 Å². The molecule has 0 spiro atoms. The number of allylic oxidation sites excluding steroid dienone is 1. The summed E-state index contributed by atoms with van der Waals surface area (Å²) in [6, 6.07) is 4.26. The molecule has 3 atom stereocenters. The zero-order valence-corrected chi connectivity index (χ0v) is 18.6. The van der Waals surface area contributed by atoms with Gasteiger partial charge in [0.25, 0.3) is 0 Å². The number of ether oxygens (including phenoxy) is 1. The summed E-state index contributed by atoms with van der Waals surface area (Å²) in [6.45, 7) is 21.5. The third kappa shape index (κ3) is 4.57. The fourth-order valence-electron chi connectivity index (χ4n) is 4.73. The van der Waals surface area contributed by atoms with Crippen LogP contribution in [0.4, 0.5) is 0 Å². The van der Waals surface area contributed by atoms with E-state index >= 15 is 0 Å². The van der Waals surface area contributed by atoms with Gasteiger partial charge in [0.05, 0.1) is 12.2 Å². The van der Waals surface area contributed by atoms with Crippen LogP contribution in [0.25, 0.3) is 0 Å². The van der Waals surface area contributed by atoms with E-state index in [1.807, 2.05) is 0 Å². The van der Waals surface area contributed by atoms with Crippen LogP contribution in [-0.2, 0) is 4.74 Å². The Morgan fingerprint density at radius 3 is 2.19 bits per heavy atom. The minimum Gasteiger partial charge on any atom is -0.388 e. The molecule has 1 fully saturated rings. The van der Waals surface area contributed by atoms with Crippen LogP contribution in [-0.4, -0.2) is 30.2 Å². The van der Waals surface area contributed by atoms with E-state index in [1.165, 1.54) is 22.4 Å². The smallest absolute Gasteiger partial charge is 0.0852 e. The normalized spacial score (nSPS) is 18.8. The molecule has 3 heteroatoms. The van der Waals surface area contributed by atoms with E-state index in [2.05, 4.69) is 72.1 Å². The minimum absolute atomic E-state index is 0.0714. The number of nitrogens with zero attached hydrogens (tertiary/aromatic N) is 1. The molecule has 0 radical (unpaired) electrons. The first-order chi connectivity index (χ1) is 12.5. The monoisotopic (exact) mass is 373 g/mol. The maximum absolute atomic E-state index is 10.9. The lowest BCUT2D eigenvalue weighted by Gasteiger charge is -2.48. The highest BCUT2D eigenvalue weighted by atomic mass is 16.5. The molecule has 3 unspecified atom stereocenters. The molecule has 0 bridgehead atoms. The van der Waals surface area contributed by atoms with Gasteiger partial charge in [-0.15, -0.1) is 0 Å². The largest absolute Gasteiger partial charge is 0.388 e. The van der Waals surface area contributed by atoms with Gasteiger partial charge in [0.1, 0.15) is 0 Å². The molecule has 3 nitrogen and oxygen atoms in total. The van der Waals surface area contributed by atoms with Gasteiger partial charge in [-0.1, -0.05) is 46.4 Å². The summed E-state index contributed by atoms with van der Waals surface area (Å²) in [4.78, 5) is 2.36. The maximum Gasteiger partial charge on any atom is 0.0852 e. The van der Waals surface area contributed by atoms with Gasteiger partial charge in [-0.05, 0) is 54.9 Å². The second kappa shape index (κ2) is 8.36. The van der Waals surface area contributed by atoms with E-state index in [4.69, 9.17) is 4.74 Å². The molecule has 152 valence electrons. The number of likely N-dealkylation sites (tertiary alicyclic amines) is 1. The van der Waals surface area contributed by atoms with Crippen molar-refractivity contribution in [3.8, 4) is 0 Å².